The molecule has 24 heavy (non-hydrogen) atoms. The van der Waals surface area contributed by atoms with E-state index in [2.05, 4.69) is 15.5 Å². The van der Waals surface area contributed by atoms with Gasteiger partial charge in [0.25, 0.3) is 5.91 Å². The molecule has 0 saturated carbocycles. The van der Waals surface area contributed by atoms with E-state index in [1.165, 1.54) is 0 Å². The number of nitrogens with one attached hydrogen (secondary N) is 2. The van der Waals surface area contributed by atoms with Crippen LogP contribution in [0.5, 0.6) is 0 Å². The van der Waals surface area contributed by atoms with Gasteiger partial charge in [-0.25, -0.2) is 0 Å². The molecule has 0 aromatic heterocycles. The van der Waals surface area contributed by atoms with Crippen LogP contribution in [0.3, 0.4) is 0 Å². The number of carbonyl (C=O) groups is 2. The molecule has 0 aliphatic carbocycles. The average molecular weight is 325 g/mol. The summed E-state index contributed by atoms with van der Waals surface area (Å²) in [4.78, 5) is 25.7. The van der Waals surface area contributed by atoms with Crippen molar-refractivity contribution in [3.63, 3.8) is 0 Å². The molecule has 0 bridgehead atoms. The standard InChI is InChI=1S/C19H23N3O2/c1-22(17-10-6-3-7-11-17)15-14-20-18(23)12-13-21-19(24)16-8-4-2-5-9-16/h2-11H,12-15H2,1H3,(H,20,23)(H,21,24). The summed E-state index contributed by atoms with van der Waals surface area (Å²) in [5.41, 5.74) is 1.71. The van der Waals surface area contributed by atoms with E-state index < -0.39 is 0 Å². The normalized spacial score (nSPS) is 10.0. The zero-order chi connectivity index (χ0) is 17.2. The quantitative estimate of drug-likeness (QED) is 0.781. The Morgan fingerprint density at radius 2 is 1.50 bits per heavy atom. The van der Waals surface area contributed by atoms with Crippen molar-refractivity contribution >= 4 is 17.5 Å². The van der Waals surface area contributed by atoms with Gasteiger partial charge in [0.15, 0.2) is 0 Å². The van der Waals surface area contributed by atoms with Crippen molar-refractivity contribution in [1.29, 1.82) is 0 Å². The number of hydrogen-bond donors (Lipinski definition) is 2. The molecule has 5 heteroatoms. The molecular weight excluding hydrogens is 302 g/mol. The first kappa shape index (κ1) is 17.5. The first-order valence-corrected chi connectivity index (χ1v) is 8.03. The molecule has 0 radical (unpaired) electrons. The maximum absolute atomic E-state index is 11.8. The van der Waals surface area contributed by atoms with Crippen LogP contribution in [-0.4, -0.2) is 38.5 Å². The van der Waals surface area contributed by atoms with Crippen molar-refractivity contribution in [2.24, 2.45) is 0 Å². The van der Waals surface area contributed by atoms with Crippen LogP contribution in [0.1, 0.15) is 16.8 Å². The molecule has 0 aliphatic heterocycles. The lowest BCUT2D eigenvalue weighted by molar-refractivity contribution is -0.120. The molecule has 5 nitrogen and oxygen atoms in total. The van der Waals surface area contributed by atoms with E-state index in [0.29, 0.717) is 18.7 Å². The van der Waals surface area contributed by atoms with Gasteiger partial charge >= 0.3 is 0 Å². The molecule has 0 heterocycles. The van der Waals surface area contributed by atoms with Crippen molar-refractivity contribution in [1.82, 2.24) is 10.6 Å². The Hall–Kier alpha value is -2.82. The van der Waals surface area contributed by atoms with Crippen LogP contribution in [0.15, 0.2) is 60.7 Å². The molecule has 0 aliphatic rings. The monoisotopic (exact) mass is 325 g/mol. The lowest BCUT2D eigenvalue weighted by atomic mass is 10.2. The maximum atomic E-state index is 11.8. The second-order valence-electron chi connectivity index (χ2n) is 5.48. The average Bonchev–Trinajstić information content (AvgIpc) is 2.63. The molecule has 0 saturated heterocycles. The smallest absolute Gasteiger partial charge is 0.251 e. The third kappa shape index (κ3) is 5.76. The van der Waals surface area contributed by atoms with E-state index in [-0.39, 0.29) is 18.2 Å². The van der Waals surface area contributed by atoms with Gasteiger partial charge in [0.05, 0.1) is 0 Å². The summed E-state index contributed by atoms with van der Waals surface area (Å²) < 4.78 is 0. The third-order valence-electron chi connectivity index (χ3n) is 3.64. The number of para-hydroxylation sites is 1. The van der Waals surface area contributed by atoms with E-state index in [0.717, 1.165) is 12.2 Å². The minimum absolute atomic E-state index is 0.0650. The summed E-state index contributed by atoms with van der Waals surface area (Å²) in [5.74, 6) is -0.225. The van der Waals surface area contributed by atoms with E-state index in [1.807, 2.05) is 55.6 Å². The highest BCUT2D eigenvalue weighted by Crippen LogP contribution is 2.09. The van der Waals surface area contributed by atoms with Crippen molar-refractivity contribution in [3.8, 4) is 0 Å². The van der Waals surface area contributed by atoms with E-state index in [4.69, 9.17) is 0 Å². The van der Waals surface area contributed by atoms with Crippen LogP contribution >= 0.6 is 0 Å². The molecule has 2 N–H and O–H groups in total. The van der Waals surface area contributed by atoms with Gasteiger partial charge in [0.2, 0.25) is 5.91 Å². The fraction of sp³-hybridized carbons (Fsp3) is 0.263. The van der Waals surface area contributed by atoms with Gasteiger partial charge in [0, 0.05) is 44.4 Å². The van der Waals surface area contributed by atoms with Crippen molar-refractivity contribution in [2.75, 3.05) is 31.6 Å². The van der Waals surface area contributed by atoms with Crippen LogP contribution in [0.25, 0.3) is 0 Å². The first-order chi connectivity index (χ1) is 11.7. The van der Waals surface area contributed by atoms with Crippen LogP contribution in [0.4, 0.5) is 5.69 Å². The molecular formula is C19H23N3O2. The van der Waals surface area contributed by atoms with Crippen LogP contribution in [0.2, 0.25) is 0 Å². The van der Waals surface area contributed by atoms with Gasteiger partial charge in [-0.2, -0.15) is 0 Å². The summed E-state index contributed by atoms with van der Waals surface area (Å²) in [6, 6.07) is 19.0. The maximum Gasteiger partial charge on any atom is 0.251 e. The Bertz CT molecular complexity index is 644. The zero-order valence-corrected chi connectivity index (χ0v) is 13.9. The summed E-state index contributed by atoms with van der Waals surface area (Å²) >= 11 is 0. The molecule has 0 atom stereocenters. The van der Waals surface area contributed by atoms with E-state index in [9.17, 15) is 9.59 Å². The Morgan fingerprint density at radius 3 is 2.17 bits per heavy atom. The fourth-order valence-electron chi connectivity index (χ4n) is 2.24. The summed E-state index contributed by atoms with van der Waals surface area (Å²) in [6.45, 7) is 1.62. The van der Waals surface area contributed by atoms with Crippen LogP contribution in [-0.2, 0) is 4.79 Å². The van der Waals surface area contributed by atoms with Crippen LogP contribution in [0, 0.1) is 0 Å². The highest BCUT2D eigenvalue weighted by atomic mass is 16.2. The molecule has 126 valence electrons. The number of amides is 2. The summed E-state index contributed by atoms with van der Waals surface area (Å²) in [6.07, 6.45) is 0.271. The van der Waals surface area contributed by atoms with Gasteiger partial charge in [-0.1, -0.05) is 36.4 Å². The second kappa shape index (κ2) is 9.35. The van der Waals surface area contributed by atoms with Crippen molar-refractivity contribution < 1.29 is 9.59 Å². The predicted octanol–water partition coefficient (Wildman–Crippen LogP) is 2.06. The van der Waals surface area contributed by atoms with Gasteiger partial charge in [-0.3, -0.25) is 9.59 Å². The van der Waals surface area contributed by atoms with E-state index >= 15 is 0 Å². The minimum atomic E-state index is -0.160. The molecule has 0 fully saturated rings. The predicted molar refractivity (Wildman–Crippen MR) is 96.1 cm³/mol. The zero-order valence-electron chi connectivity index (χ0n) is 13.9. The van der Waals surface area contributed by atoms with Gasteiger partial charge in [0.1, 0.15) is 0 Å². The lowest BCUT2D eigenvalue weighted by Crippen LogP contribution is -2.35. The number of benzene rings is 2. The molecule has 0 unspecified atom stereocenters. The Kier molecular flexibility index (Phi) is 6.83. The number of anilines is 1. The second-order valence-corrected chi connectivity index (χ2v) is 5.48. The first-order valence-electron chi connectivity index (χ1n) is 8.03. The SMILES string of the molecule is CN(CCNC(=O)CCNC(=O)c1ccccc1)c1ccccc1. The third-order valence-corrected chi connectivity index (χ3v) is 3.64. The van der Waals surface area contributed by atoms with Gasteiger partial charge in [-0.15, -0.1) is 0 Å². The largest absolute Gasteiger partial charge is 0.373 e. The molecule has 0 spiro atoms. The van der Waals surface area contributed by atoms with Crippen molar-refractivity contribution in [2.45, 2.75) is 6.42 Å². The number of rotatable bonds is 8. The molecule has 2 aromatic carbocycles. The Morgan fingerprint density at radius 1 is 0.875 bits per heavy atom. The summed E-state index contributed by atoms with van der Waals surface area (Å²) in [5, 5.41) is 5.61. The Labute approximate surface area is 142 Å². The molecule has 2 amide bonds. The number of nitrogens with zero attached hydrogens (tertiary/aromatic N) is 1. The number of carbonyl (C=O) groups excluding carboxylic acids is 2. The van der Waals surface area contributed by atoms with E-state index in [1.54, 1.807) is 12.1 Å². The minimum Gasteiger partial charge on any atom is -0.373 e. The van der Waals surface area contributed by atoms with Gasteiger partial charge in [-0.05, 0) is 24.3 Å². The summed E-state index contributed by atoms with van der Waals surface area (Å²) in [7, 11) is 1.99. The topological polar surface area (TPSA) is 61.4 Å². The highest BCUT2D eigenvalue weighted by molar-refractivity contribution is 5.94. The lowest BCUT2D eigenvalue weighted by Gasteiger charge is -2.19. The molecule has 2 aromatic rings. The fourth-order valence-corrected chi connectivity index (χ4v) is 2.24. The van der Waals surface area contributed by atoms with Crippen LogP contribution < -0.4 is 15.5 Å². The molecule has 2 rings (SSSR count). The van der Waals surface area contributed by atoms with Gasteiger partial charge < -0.3 is 15.5 Å². The highest BCUT2D eigenvalue weighted by Gasteiger charge is 2.06. The Balaban J connectivity index is 1.61. The van der Waals surface area contributed by atoms with Crippen molar-refractivity contribution in [3.05, 3.63) is 66.2 Å². The number of likely N-dealkylation sites (N-methyl/N-ethyl adjacent to an activating group) is 1. The number of hydrogen-bond acceptors (Lipinski definition) is 3.